The van der Waals surface area contributed by atoms with Crippen molar-refractivity contribution in [2.24, 2.45) is 0 Å². The predicted octanol–water partition coefficient (Wildman–Crippen LogP) is 0.280. The maximum absolute atomic E-state index is 12.7. The Morgan fingerprint density at radius 1 is 0.947 bits per heavy atom. The molecule has 6 nitrogen and oxygen atoms in total. The maximum Gasteiger partial charge on any atom is 0.417 e. The fourth-order valence-corrected chi connectivity index (χ4v) is 1.86. The molecule has 0 spiro atoms. The lowest BCUT2D eigenvalue weighted by Crippen LogP contribution is -2.60. The Bertz CT molecular complexity index is 405. The third-order valence-corrected chi connectivity index (χ3v) is 2.55. The first-order chi connectivity index (χ1) is 8.92. The van der Waals surface area contributed by atoms with E-state index >= 15 is 0 Å². The van der Waals surface area contributed by atoms with Gasteiger partial charge in [0, 0.05) is 0 Å². The van der Waals surface area contributed by atoms with E-state index in [4.69, 9.17) is 15.8 Å². The highest BCUT2D eigenvalue weighted by Crippen LogP contribution is 2.26. The molecule has 0 amide bonds. The predicted molar refractivity (Wildman–Crippen MR) is 56.5 cm³/mol. The van der Waals surface area contributed by atoms with Crippen molar-refractivity contribution >= 4 is 0 Å². The van der Waals surface area contributed by atoms with Crippen molar-refractivity contribution in [1.29, 1.82) is 15.8 Å². The summed E-state index contributed by atoms with van der Waals surface area (Å²) in [4.78, 5) is 3.78. The third kappa shape index (κ3) is 4.08. The first kappa shape index (κ1) is 15.2. The molecule has 1 atom stereocenters. The van der Waals surface area contributed by atoms with Crippen LogP contribution in [0.2, 0.25) is 0 Å². The van der Waals surface area contributed by atoms with Gasteiger partial charge in [0.15, 0.2) is 6.04 Å². The number of hydrogen-bond donors (Lipinski definition) is 0. The van der Waals surface area contributed by atoms with E-state index in [1.165, 1.54) is 15.9 Å². The highest BCUT2D eigenvalue weighted by atomic mass is 19.4. The molecule has 0 aromatic carbocycles. The van der Waals surface area contributed by atoms with Crippen LogP contribution in [0, 0.1) is 34.0 Å². The second-order valence-electron chi connectivity index (χ2n) is 4.06. The molecule has 9 heteroatoms. The summed E-state index contributed by atoms with van der Waals surface area (Å²) in [6, 6.07) is 2.66. The first-order valence-corrected chi connectivity index (χ1v) is 5.31. The van der Waals surface area contributed by atoms with Crippen molar-refractivity contribution in [2.75, 3.05) is 33.1 Å². The molecule has 102 valence electrons. The molecule has 1 fully saturated rings. The molecule has 1 rings (SSSR count). The Morgan fingerprint density at radius 3 is 1.74 bits per heavy atom. The number of nitrogens with zero attached hydrogens (tertiary/aromatic N) is 6. The van der Waals surface area contributed by atoms with Gasteiger partial charge in [-0.15, -0.1) is 0 Å². The van der Waals surface area contributed by atoms with Crippen molar-refractivity contribution in [3.8, 4) is 18.2 Å². The molecule has 1 unspecified atom stereocenters. The van der Waals surface area contributed by atoms with Crippen LogP contribution in [0.25, 0.3) is 0 Å². The fraction of sp³-hybridized carbons (Fsp3) is 0.700. The molecule has 1 heterocycles. The smallest absolute Gasteiger partial charge is 0.264 e. The zero-order chi connectivity index (χ0) is 14.5. The van der Waals surface area contributed by atoms with Gasteiger partial charge in [-0.25, -0.2) is 0 Å². The summed E-state index contributed by atoms with van der Waals surface area (Å²) < 4.78 is 38.1. The van der Waals surface area contributed by atoms with Crippen molar-refractivity contribution in [2.45, 2.75) is 12.2 Å². The largest absolute Gasteiger partial charge is 0.417 e. The number of rotatable bonds is 3. The van der Waals surface area contributed by atoms with Crippen LogP contribution >= 0.6 is 0 Å². The highest BCUT2D eigenvalue weighted by Gasteiger charge is 2.46. The lowest BCUT2D eigenvalue weighted by molar-refractivity contribution is -0.187. The van der Waals surface area contributed by atoms with Crippen molar-refractivity contribution in [3.63, 3.8) is 0 Å². The van der Waals surface area contributed by atoms with Crippen molar-refractivity contribution in [1.82, 2.24) is 14.7 Å². The minimum Gasteiger partial charge on any atom is -0.264 e. The first-order valence-electron chi connectivity index (χ1n) is 5.31. The summed E-state index contributed by atoms with van der Waals surface area (Å²) >= 11 is 0. The maximum atomic E-state index is 12.7. The minimum atomic E-state index is -4.66. The molecule has 1 aliphatic heterocycles. The van der Waals surface area contributed by atoms with Crippen molar-refractivity contribution in [3.05, 3.63) is 0 Å². The van der Waals surface area contributed by atoms with Crippen LogP contribution in [0.1, 0.15) is 0 Å². The third-order valence-electron chi connectivity index (χ3n) is 2.55. The molecule has 0 aromatic rings. The molecule has 0 saturated carbocycles. The molecular formula is C10H11F3N6. The van der Waals surface area contributed by atoms with Gasteiger partial charge >= 0.3 is 6.18 Å². The minimum absolute atomic E-state index is 0.0611. The molecule has 1 aliphatic rings. The summed E-state index contributed by atoms with van der Waals surface area (Å²) in [5.41, 5.74) is 0. The molecule has 1 saturated heterocycles. The van der Waals surface area contributed by atoms with Gasteiger partial charge in [-0.3, -0.25) is 14.7 Å². The van der Waals surface area contributed by atoms with Gasteiger partial charge in [-0.1, -0.05) is 0 Å². The van der Waals surface area contributed by atoms with Crippen LogP contribution < -0.4 is 0 Å². The van der Waals surface area contributed by atoms with E-state index in [1.807, 2.05) is 12.1 Å². The summed E-state index contributed by atoms with van der Waals surface area (Å²) in [6.07, 6.45) is -4.66. The monoisotopic (exact) mass is 272 g/mol. The van der Waals surface area contributed by atoms with Crippen LogP contribution in [-0.2, 0) is 0 Å². The van der Waals surface area contributed by atoms with Crippen LogP contribution in [-0.4, -0.2) is 60.0 Å². The van der Waals surface area contributed by atoms with E-state index in [0.29, 0.717) is 0 Å². The van der Waals surface area contributed by atoms with E-state index < -0.39 is 12.2 Å². The standard InChI is InChI=1S/C10H11F3N6/c11-10(12,13)9(5-16)19-7-17(3-1-14)6-18(8-19)4-2-15/h9H,3-4,6-8H2. The van der Waals surface area contributed by atoms with E-state index in [2.05, 4.69) is 0 Å². The van der Waals surface area contributed by atoms with E-state index in [0.717, 1.165) is 4.90 Å². The van der Waals surface area contributed by atoms with Crippen LogP contribution in [0.5, 0.6) is 0 Å². The molecule has 19 heavy (non-hydrogen) atoms. The van der Waals surface area contributed by atoms with E-state index in [9.17, 15) is 13.2 Å². The zero-order valence-corrected chi connectivity index (χ0v) is 9.93. The average Bonchev–Trinajstić information content (AvgIpc) is 2.28. The lowest BCUT2D eigenvalue weighted by atomic mass is 10.2. The second kappa shape index (κ2) is 6.35. The lowest BCUT2D eigenvalue weighted by Gasteiger charge is -2.42. The Kier molecular flexibility index (Phi) is 5.08. The Balaban J connectivity index is 2.85. The number of alkyl halides is 3. The molecule has 0 N–H and O–H groups in total. The number of nitriles is 3. The van der Waals surface area contributed by atoms with Gasteiger partial charge in [-0.2, -0.15) is 29.0 Å². The van der Waals surface area contributed by atoms with Crippen LogP contribution in [0.3, 0.4) is 0 Å². The zero-order valence-electron chi connectivity index (χ0n) is 9.93. The average molecular weight is 272 g/mol. The molecule has 0 aliphatic carbocycles. The van der Waals surface area contributed by atoms with Gasteiger partial charge in [0.1, 0.15) is 0 Å². The summed E-state index contributed by atoms with van der Waals surface area (Å²) in [5, 5.41) is 25.9. The molecule has 0 bridgehead atoms. The van der Waals surface area contributed by atoms with Gasteiger partial charge < -0.3 is 0 Å². The molecule has 0 aromatic heterocycles. The summed E-state index contributed by atoms with van der Waals surface area (Å²) in [5.74, 6) is 0. The van der Waals surface area contributed by atoms with Crippen molar-refractivity contribution < 1.29 is 13.2 Å². The van der Waals surface area contributed by atoms with Crippen LogP contribution in [0.4, 0.5) is 13.2 Å². The van der Waals surface area contributed by atoms with Gasteiger partial charge in [0.2, 0.25) is 0 Å². The van der Waals surface area contributed by atoms with Gasteiger partial charge in [0.25, 0.3) is 0 Å². The number of hydrogen-bond acceptors (Lipinski definition) is 6. The normalized spacial score (nSPS) is 20.2. The SMILES string of the molecule is N#CCN1CN(CC#N)CN(C(C#N)C(F)(F)F)C1. The summed E-state index contributed by atoms with van der Waals surface area (Å²) in [7, 11) is 0. The topological polar surface area (TPSA) is 81.1 Å². The Morgan fingerprint density at radius 2 is 1.42 bits per heavy atom. The molecular weight excluding hydrogens is 261 g/mol. The van der Waals surface area contributed by atoms with Crippen LogP contribution in [0.15, 0.2) is 0 Å². The van der Waals surface area contributed by atoms with Gasteiger partial charge in [-0.05, 0) is 0 Å². The van der Waals surface area contributed by atoms with E-state index in [1.54, 1.807) is 0 Å². The van der Waals surface area contributed by atoms with E-state index in [-0.39, 0.29) is 33.1 Å². The second-order valence-corrected chi connectivity index (χ2v) is 4.06. The Labute approximate surface area is 108 Å². The Hall–Kier alpha value is -1.86. The number of halogens is 3. The summed E-state index contributed by atoms with van der Waals surface area (Å²) in [6.45, 7) is -0.156. The molecule has 0 radical (unpaired) electrons. The highest BCUT2D eigenvalue weighted by molar-refractivity contribution is 4.98. The quantitative estimate of drug-likeness (QED) is 0.686. The van der Waals surface area contributed by atoms with Gasteiger partial charge in [0.05, 0.1) is 51.3 Å². The fourth-order valence-electron chi connectivity index (χ4n) is 1.86.